The van der Waals surface area contributed by atoms with Crippen LogP contribution in [-0.2, 0) is 12.4 Å². The van der Waals surface area contributed by atoms with Crippen molar-refractivity contribution in [3.05, 3.63) is 113 Å². The summed E-state index contributed by atoms with van der Waals surface area (Å²) in [5.41, 5.74) is -2.39. The van der Waals surface area contributed by atoms with E-state index in [0.29, 0.717) is 31.8 Å². The van der Waals surface area contributed by atoms with Crippen LogP contribution in [0.15, 0.2) is 102 Å². The van der Waals surface area contributed by atoms with Crippen molar-refractivity contribution < 1.29 is 45.7 Å². The van der Waals surface area contributed by atoms with Crippen LogP contribution in [0, 0.1) is 0 Å². The molecule has 4 heterocycles. The number of alkyl halides is 6. The number of likely N-dealkylation sites (tertiary alicyclic amines) is 2. The molecule has 0 aliphatic carbocycles. The van der Waals surface area contributed by atoms with E-state index in [1.165, 1.54) is 30.3 Å². The Labute approximate surface area is 333 Å². The van der Waals surface area contributed by atoms with Crippen molar-refractivity contribution in [2.75, 3.05) is 52.5 Å². The van der Waals surface area contributed by atoms with Crippen molar-refractivity contribution >= 4 is 15.9 Å². The van der Waals surface area contributed by atoms with E-state index in [-0.39, 0.29) is 37.7 Å². The maximum atomic E-state index is 13.0. The molecule has 0 unspecified atom stereocenters. The molecule has 0 spiro atoms. The molecule has 15 heteroatoms. The van der Waals surface area contributed by atoms with Gasteiger partial charge in [-0.1, -0.05) is 43.8 Å². The van der Waals surface area contributed by atoms with Crippen LogP contribution < -0.4 is 14.2 Å². The van der Waals surface area contributed by atoms with Crippen molar-refractivity contribution in [3.8, 4) is 17.4 Å². The van der Waals surface area contributed by atoms with Gasteiger partial charge in [0.2, 0.25) is 5.88 Å². The first-order valence-corrected chi connectivity index (χ1v) is 18.7. The largest absolute Gasteiger partial charge is 0.492 e. The number of pyridine rings is 2. The summed E-state index contributed by atoms with van der Waals surface area (Å²) in [6.07, 6.45) is -2.38. The van der Waals surface area contributed by atoms with Gasteiger partial charge in [0.15, 0.2) is 0 Å². The number of para-hydroxylation sites is 2. The summed E-state index contributed by atoms with van der Waals surface area (Å²) in [4.78, 5) is 12.4. The van der Waals surface area contributed by atoms with Gasteiger partial charge in [-0.3, -0.25) is 9.80 Å². The second-order valence-corrected chi connectivity index (χ2v) is 14.5. The number of rotatable bonds is 10. The SMILES string of the molecule is Brc1ccccn1.C.CC1(O)CCN(CCOc2ccccc2C(F)(F)F)CC1.CC1(Oc2ccccn2)CCN(CCOc2ccccc2C(F)(F)F)CC1. The fourth-order valence-electron chi connectivity index (χ4n) is 5.83. The molecule has 2 saturated heterocycles. The maximum absolute atomic E-state index is 13.0. The molecular formula is C41H51BrF6N4O4. The number of hydrogen-bond acceptors (Lipinski definition) is 8. The predicted octanol–water partition coefficient (Wildman–Crippen LogP) is 9.82. The van der Waals surface area contributed by atoms with Gasteiger partial charge < -0.3 is 19.3 Å². The lowest BCUT2D eigenvalue weighted by molar-refractivity contribution is -0.139. The lowest BCUT2D eigenvalue weighted by atomic mass is 9.93. The lowest BCUT2D eigenvalue weighted by Crippen LogP contribution is -2.47. The molecule has 6 rings (SSSR count). The second kappa shape index (κ2) is 21.6. The molecule has 308 valence electrons. The van der Waals surface area contributed by atoms with Gasteiger partial charge in [-0.2, -0.15) is 26.3 Å². The fraction of sp³-hybridized carbons (Fsp3) is 0.463. The molecular weight excluding hydrogens is 806 g/mol. The van der Waals surface area contributed by atoms with Crippen molar-refractivity contribution in [2.24, 2.45) is 0 Å². The third kappa shape index (κ3) is 15.9. The second-order valence-electron chi connectivity index (χ2n) is 13.7. The third-order valence-corrected chi connectivity index (χ3v) is 9.65. The van der Waals surface area contributed by atoms with Crippen molar-refractivity contribution in [1.29, 1.82) is 0 Å². The molecule has 2 aromatic heterocycles. The number of piperidine rings is 2. The Kier molecular flexibility index (Phi) is 17.9. The number of benzene rings is 2. The molecule has 0 saturated carbocycles. The molecule has 1 N–H and O–H groups in total. The zero-order valence-corrected chi connectivity index (χ0v) is 32.4. The Morgan fingerprint density at radius 1 is 0.643 bits per heavy atom. The van der Waals surface area contributed by atoms with Crippen molar-refractivity contribution in [1.82, 2.24) is 19.8 Å². The number of halogens is 7. The van der Waals surface area contributed by atoms with Crippen molar-refractivity contribution in [2.45, 2.75) is 70.5 Å². The Morgan fingerprint density at radius 3 is 1.46 bits per heavy atom. The van der Waals surface area contributed by atoms with Crippen LogP contribution in [0.1, 0.15) is 58.1 Å². The summed E-state index contributed by atoms with van der Waals surface area (Å²) < 4.78 is 95.0. The van der Waals surface area contributed by atoms with Crippen LogP contribution in [0.3, 0.4) is 0 Å². The van der Waals surface area contributed by atoms with Crippen LogP contribution in [0.25, 0.3) is 0 Å². The average molecular weight is 858 g/mol. The van der Waals surface area contributed by atoms with E-state index in [9.17, 15) is 31.4 Å². The van der Waals surface area contributed by atoms with Gasteiger partial charge in [0.25, 0.3) is 0 Å². The summed E-state index contributed by atoms with van der Waals surface area (Å²) in [6, 6.07) is 21.8. The molecule has 0 bridgehead atoms. The van der Waals surface area contributed by atoms with Gasteiger partial charge in [0.1, 0.15) is 34.9 Å². The molecule has 2 fully saturated rings. The fourth-order valence-corrected chi connectivity index (χ4v) is 6.11. The Morgan fingerprint density at radius 2 is 1.07 bits per heavy atom. The summed E-state index contributed by atoms with van der Waals surface area (Å²) in [6.45, 7) is 8.49. The minimum atomic E-state index is -4.41. The van der Waals surface area contributed by atoms with Crippen LogP contribution in [0.5, 0.6) is 17.4 Å². The zero-order valence-electron chi connectivity index (χ0n) is 30.8. The van der Waals surface area contributed by atoms with Crippen LogP contribution in [0.2, 0.25) is 0 Å². The number of hydrogen-bond donors (Lipinski definition) is 1. The maximum Gasteiger partial charge on any atom is 0.419 e. The predicted molar refractivity (Wildman–Crippen MR) is 208 cm³/mol. The number of ether oxygens (including phenoxy) is 3. The van der Waals surface area contributed by atoms with E-state index in [4.69, 9.17) is 14.2 Å². The minimum absolute atomic E-state index is 0. The zero-order chi connectivity index (χ0) is 40.0. The smallest absolute Gasteiger partial charge is 0.419 e. The number of aromatic nitrogens is 2. The van der Waals surface area contributed by atoms with E-state index >= 15 is 0 Å². The Balaban J connectivity index is 0.000000257. The standard InChI is InChI=1S/C20H23F3N2O2.C15H20F3NO2.C5H4BrN.CH4/c1-19(27-18-8-4-5-11-24-18)9-12-25(13-10-19)14-15-26-17-7-3-2-6-16(17)20(21,22)23;1-14(20)6-8-19(9-7-14)10-11-21-13-5-3-2-4-12(13)15(16,17)18;6-5-3-1-2-4-7-5;/h2-8,11H,9-10,12-15H2,1H3;2-5,20H,6-11H2,1H3;1-4H;1H4. The molecule has 2 aromatic carbocycles. The molecule has 8 nitrogen and oxygen atoms in total. The Bertz CT molecular complexity index is 1700. The van der Waals surface area contributed by atoms with E-state index in [0.717, 1.165) is 55.8 Å². The molecule has 0 radical (unpaired) electrons. The molecule has 2 aliphatic heterocycles. The number of nitrogens with zero attached hydrogens (tertiary/aromatic N) is 4. The van der Waals surface area contributed by atoms with Crippen molar-refractivity contribution in [3.63, 3.8) is 0 Å². The normalized spacial score (nSPS) is 16.8. The first-order valence-electron chi connectivity index (χ1n) is 17.9. The topological polar surface area (TPSA) is 80.2 Å². The molecule has 56 heavy (non-hydrogen) atoms. The van der Waals surface area contributed by atoms with Crippen LogP contribution in [0.4, 0.5) is 26.3 Å². The molecule has 4 aromatic rings. The van der Waals surface area contributed by atoms with E-state index in [1.54, 1.807) is 25.4 Å². The quantitative estimate of drug-likeness (QED) is 0.125. The van der Waals surface area contributed by atoms with Gasteiger partial charge in [-0.05, 0) is 97.9 Å². The summed E-state index contributed by atoms with van der Waals surface area (Å²) in [5.74, 6) is 0.361. The highest BCUT2D eigenvalue weighted by Gasteiger charge is 2.36. The van der Waals surface area contributed by atoms with Gasteiger partial charge in [-0.15, -0.1) is 0 Å². The lowest BCUT2D eigenvalue weighted by Gasteiger charge is -2.39. The minimum Gasteiger partial charge on any atom is -0.492 e. The van der Waals surface area contributed by atoms with Gasteiger partial charge >= 0.3 is 12.4 Å². The highest BCUT2D eigenvalue weighted by molar-refractivity contribution is 9.10. The van der Waals surface area contributed by atoms with E-state index in [2.05, 4.69) is 42.6 Å². The average Bonchev–Trinajstić information content (AvgIpc) is 3.14. The summed E-state index contributed by atoms with van der Waals surface area (Å²) >= 11 is 3.20. The summed E-state index contributed by atoms with van der Waals surface area (Å²) in [7, 11) is 0. The first-order chi connectivity index (χ1) is 26.0. The summed E-state index contributed by atoms with van der Waals surface area (Å²) in [5, 5.41) is 9.84. The number of aliphatic hydroxyl groups is 1. The molecule has 0 atom stereocenters. The van der Waals surface area contributed by atoms with Gasteiger partial charge in [0.05, 0.1) is 16.7 Å². The third-order valence-electron chi connectivity index (χ3n) is 9.18. The first kappa shape index (κ1) is 46.5. The van der Waals surface area contributed by atoms with Crippen LogP contribution in [-0.4, -0.2) is 88.6 Å². The van der Waals surface area contributed by atoms with E-state index < -0.39 is 29.1 Å². The van der Waals surface area contributed by atoms with E-state index in [1.807, 2.05) is 36.4 Å². The molecule has 0 amide bonds. The molecule has 2 aliphatic rings. The van der Waals surface area contributed by atoms with Crippen LogP contribution >= 0.6 is 15.9 Å². The van der Waals surface area contributed by atoms with Gasteiger partial charge in [-0.25, -0.2) is 9.97 Å². The Hall–Kier alpha value is -3.92. The highest BCUT2D eigenvalue weighted by atomic mass is 79.9. The van der Waals surface area contributed by atoms with Gasteiger partial charge in [0, 0.05) is 57.7 Å². The highest BCUT2D eigenvalue weighted by Crippen LogP contribution is 2.37. The monoisotopic (exact) mass is 856 g/mol.